The molecule has 3 heterocycles. The van der Waals surface area contributed by atoms with Crippen molar-refractivity contribution in [3.05, 3.63) is 35.0 Å². The third-order valence-corrected chi connectivity index (χ3v) is 4.13. The predicted octanol–water partition coefficient (Wildman–Crippen LogP) is 0.258. The fraction of sp³-hybridized carbons (Fsp3) is 0.562. The Bertz CT molecular complexity index is 705. The van der Waals surface area contributed by atoms with E-state index in [0.717, 1.165) is 42.9 Å². The number of nitrogens with one attached hydrogen (secondary N) is 1. The summed E-state index contributed by atoms with van der Waals surface area (Å²) in [4.78, 5) is 16.7. The minimum Gasteiger partial charge on any atom is -0.360 e. The first-order chi connectivity index (χ1) is 11.5. The van der Waals surface area contributed by atoms with Gasteiger partial charge in [-0.3, -0.25) is 14.4 Å². The fourth-order valence-corrected chi connectivity index (χ4v) is 2.87. The largest absolute Gasteiger partial charge is 0.360 e. The van der Waals surface area contributed by atoms with E-state index >= 15 is 0 Å². The lowest BCUT2D eigenvalue weighted by Crippen LogP contribution is -2.34. The Morgan fingerprint density at radius 1 is 1.46 bits per heavy atom. The van der Waals surface area contributed by atoms with Crippen LogP contribution in [0.2, 0.25) is 0 Å². The molecule has 1 aliphatic heterocycles. The zero-order valence-corrected chi connectivity index (χ0v) is 14.4. The van der Waals surface area contributed by atoms with Gasteiger partial charge in [0.2, 0.25) is 0 Å². The maximum atomic E-state index is 12.3. The summed E-state index contributed by atoms with van der Waals surface area (Å²) in [5.41, 5.74) is 2.49. The molecule has 0 saturated heterocycles. The Balaban J connectivity index is 1.64. The fourth-order valence-electron chi connectivity index (χ4n) is 2.87. The van der Waals surface area contributed by atoms with E-state index in [1.165, 1.54) is 0 Å². The monoisotopic (exact) mass is 332 g/mol. The highest BCUT2D eigenvalue weighted by molar-refractivity contribution is 5.93. The Labute approximate surface area is 141 Å². The van der Waals surface area contributed by atoms with Crippen molar-refractivity contribution in [2.45, 2.75) is 19.5 Å². The topological polar surface area (TPSA) is 79.4 Å². The first-order valence-electron chi connectivity index (χ1n) is 8.13. The predicted molar refractivity (Wildman–Crippen MR) is 88.4 cm³/mol. The first kappa shape index (κ1) is 16.7. The van der Waals surface area contributed by atoms with Gasteiger partial charge in [0.05, 0.1) is 6.20 Å². The van der Waals surface area contributed by atoms with Gasteiger partial charge < -0.3 is 14.7 Å². The number of hydrogen-bond acceptors (Lipinski definition) is 6. The van der Waals surface area contributed by atoms with Crippen molar-refractivity contribution >= 4 is 5.91 Å². The van der Waals surface area contributed by atoms with Crippen molar-refractivity contribution in [2.24, 2.45) is 7.05 Å². The van der Waals surface area contributed by atoms with Crippen LogP contribution in [0.1, 0.15) is 27.4 Å². The number of amides is 1. The lowest BCUT2D eigenvalue weighted by Gasteiger charge is -2.25. The van der Waals surface area contributed by atoms with Crippen molar-refractivity contribution in [1.82, 2.24) is 30.1 Å². The number of aromatic nitrogens is 3. The smallest absolute Gasteiger partial charge is 0.273 e. The van der Waals surface area contributed by atoms with Crippen LogP contribution >= 0.6 is 0 Å². The highest BCUT2D eigenvalue weighted by Gasteiger charge is 2.27. The van der Waals surface area contributed by atoms with Gasteiger partial charge in [0.15, 0.2) is 5.69 Å². The zero-order chi connectivity index (χ0) is 17.1. The Kier molecular flexibility index (Phi) is 4.96. The number of likely N-dealkylation sites (N-methyl/N-ethyl adjacent to an activating group) is 1. The standard InChI is InChI=1S/C16H24N6O2/c1-20(2)7-5-17-16(23)15-13-11-22(6-4-14(13)24-19-15)10-12-8-18-21(3)9-12/h8-9H,4-7,10-11H2,1-3H3,(H,17,23). The highest BCUT2D eigenvalue weighted by atomic mass is 16.5. The number of carbonyl (C=O) groups is 1. The number of hydrogen-bond donors (Lipinski definition) is 1. The molecule has 0 atom stereocenters. The van der Waals surface area contributed by atoms with E-state index in [1.807, 2.05) is 38.4 Å². The van der Waals surface area contributed by atoms with Gasteiger partial charge in [-0.15, -0.1) is 0 Å². The van der Waals surface area contributed by atoms with Gasteiger partial charge in [-0.2, -0.15) is 5.10 Å². The van der Waals surface area contributed by atoms with Crippen molar-refractivity contribution in [3.63, 3.8) is 0 Å². The molecule has 1 amide bonds. The molecular formula is C16H24N6O2. The molecule has 130 valence electrons. The lowest BCUT2D eigenvalue weighted by atomic mass is 10.1. The van der Waals surface area contributed by atoms with Gasteiger partial charge in [0.1, 0.15) is 5.76 Å². The normalized spacial score (nSPS) is 14.8. The molecule has 2 aromatic rings. The summed E-state index contributed by atoms with van der Waals surface area (Å²) in [7, 11) is 5.86. The number of carbonyl (C=O) groups excluding carboxylic acids is 1. The van der Waals surface area contributed by atoms with Crippen LogP contribution < -0.4 is 5.32 Å². The quantitative estimate of drug-likeness (QED) is 0.817. The van der Waals surface area contributed by atoms with Crippen LogP contribution in [-0.2, 0) is 26.6 Å². The van der Waals surface area contributed by atoms with Crippen LogP contribution in [0.5, 0.6) is 0 Å². The van der Waals surface area contributed by atoms with Crippen LogP contribution in [0.3, 0.4) is 0 Å². The average molecular weight is 332 g/mol. The average Bonchev–Trinajstić information content (AvgIpc) is 3.12. The molecule has 2 aromatic heterocycles. The molecule has 0 saturated carbocycles. The molecule has 8 heteroatoms. The molecule has 0 bridgehead atoms. The van der Waals surface area contributed by atoms with E-state index in [9.17, 15) is 4.79 Å². The molecule has 0 unspecified atom stereocenters. The molecule has 0 aliphatic carbocycles. The van der Waals surface area contributed by atoms with Gasteiger partial charge in [-0.25, -0.2) is 0 Å². The molecule has 0 spiro atoms. The van der Waals surface area contributed by atoms with Gasteiger partial charge >= 0.3 is 0 Å². The summed E-state index contributed by atoms with van der Waals surface area (Å²) in [5.74, 6) is 0.667. The maximum Gasteiger partial charge on any atom is 0.273 e. The van der Waals surface area contributed by atoms with Gasteiger partial charge in [0, 0.05) is 63.5 Å². The maximum absolute atomic E-state index is 12.3. The van der Waals surface area contributed by atoms with Crippen LogP contribution in [0, 0.1) is 0 Å². The van der Waals surface area contributed by atoms with Gasteiger partial charge in [-0.05, 0) is 14.1 Å². The highest BCUT2D eigenvalue weighted by Crippen LogP contribution is 2.23. The Hall–Kier alpha value is -2.19. The molecule has 1 N–H and O–H groups in total. The molecule has 0 fully saturated rings. The van der Waals surface area contributed by atoms with E-state index in [0.29, 0.717) is 18.8 Å². The molecule has 0 radical (unpaired) electrons. The van der Waals surface area contributed by atoms with E-state index in [2.05, 4.69) is 20.5 Å². The van der Waals surface area contributed by atoms with Gasteiger partial charge in [-0.1, -0.05) is 5.16 Å². The number of nitrogens with zero attached hydrogens (tertiary/aromatic N) is 5. The van der Waals surface area contributed by atoms with Crippen LogP contribution in [0.4, 0.5) is 0 Å². The van der Waals surface area contributed by atoms with Crippen LogP contribution in [0.25, 0.3) is 0 Å². The summed E-state index contributed by atoms with van der Waals surface area (Å²) in [5, 5.41) is 11.1. The second kappa shape index (κ2) is 7.14. The molecule has 3 rings (SSSR count). The minimum atomic E-state index is -0.162. The van der Waals surface area contributed by atoms with Gasteiger partial charge in [0.25, 0.3) is 5.91 Å². The molecular weight excluding hydrogens is 308 g/mol. The summed E-state index contributed by atoms with van der Waals surface area (Å²) in [6.07, 6.45) is 4.66. The van der Waals surface area contributed by atoms with E-state index < -0.39 is 0 Å². The van der Waals surface area contributed by atoms with Crippen LogP contribution in [-0.4, -0.2) is 64.4 Å². The SMILES string of the molecule is CN(C)CCNC(=O)c1noc2c1CN(Cc1cnn(C)c1)CC2. The number of rotatable bonds is 6. The summed E-state index contributed by atoms with van der Waals surface area (Å²) >= 11 is 0. The van der Waals surface area contributed by atoms with E-state index in [4.69, 9.17) is 4.52 Å². The Morgan fingerprint density at radius 3 is 3.00 bits per heavy atom. The lowest BCUT2D eigenvalue weighted by molar-refractivity contribution is 0.0940. The summed E-state index contributed by atoms with van der Waals surface area (Å²) in [6, 6.07) is 0. The third-order valence-electron chi connectivity index (χ3n) is 4.13. The third kappa shape index (κ3) is 3.82. The minimum absolute atomic E-state index is 0.162. The van der Waals surface area contributed by atoms with E-state index in [1.54, 1.807) is 4.68 Å². The van der Waals surface area contributed by atoms with Crippen molar-refractivity contribution in [3.8, 4) is 0 Å². The first-order valence-corrected chi connectivity index (χ1v) is 8.13. The molecule has 0 aromatic carbocycles. The molecule has 8 nitrogen and oxygen atoms in total. The van der Waals surface area contributed by atoms with E-state index in [-0.39, 0.29) is 5.91 Å². The Morgan fingerprint density at radius 2 is 2.29 bits per heavy atom. The molecule has 24 heavy (non-hydrogen) atoms. The second-order valence-corrected chi connectivity index (χ2v) is 6.47. The zero-order valence-electron chi connectivity index (χ0n) is 14.4. The summed E-state index contributed by atoms with van der Waals surface area (Å²) in [6.45, 7) is 3.74. The van der Waals surface area contributed by atoms with Crippen molar-refractivity contribution in [1.29, 1.82) is 0 Å². The van der Waals surface area contributed by atoms with Crippen molar-refractivity contribution < 1.29 is 9.32 Å². The summed E-state index contributed by atoms with van der Waals surface area (Å²) < 4.78 is 7.17. The van der Waals surface area contributed by atoms with Crippen molar-refractivity contribution in [2.75, 3.05) is 33.7 Å². The van der Waals surface area contributed by atoms with Crippen LogP contribution in [0.15, 0.2) is 16.9 Å². The number of fused-ring (bicyclic) bond motifs is 1. The second-order valence-electron chi connectivity index (χ2n) is 6.47. The number of aryl methyl sites for hydroxylation is 1. The molecule has 1 aliphatic rings.